The van der Waals surface area contributed by atoms with Crippen LogP contribution >= 0.6 is 0 Å². The molecule has 0 spiro atoms. The van der Waals surface area contributed by atoms with Gasteiger partial charge in [0, 0.05) is 5.56 Å². The number of aliphatic imine (C=N–C) groups is 1. The zero-order valence-corrected chi connectivity index (χ0v) is 8.84. The van der Waals surface area contributed by atoms with E-state index in [-0.39, 0.29) is 11.5 Å². The molecule has 1 aromatic rings. The minimum Gasteiger partial charge on any atom is -0.464 e. The smallest absolute Gasteiger partial charge is 0.356 e. The summed E-state index contributed by atoms with van der Waals surface area (Å²) in [7, 11) is 1.22. The van der Waals surface area contributed by atoms with Crippen LogP contribution in [-0.2, 0) is 9.53 Å². The van der Waals surface area contributed by atoms with Crippen molar-refractivity contribution in [3.8, 4) is 0 Å². The Balaban J connectivity index is 2.69. The Morgan fingerprint density at radius 2 is 1.94 bits per heavy atom. The lowest BCUT2D eigenvalue weighted by Crippen LogP contribution is -2.04. The van der Waals surface area contributed by atoms with Crippen LogP contribution in [0.3, 0.4) is 0 Å². The van der Waals surface area contributed by atoms with Crippen LogP contribution in [0, 0.1) is 0 Å². The molecule has 0 atom stereocenters. The number of esters is 1. The first-order chi connectivity index (χ1) is 7.65. The molecule has 4 heteroatoms. The third-order valence-electron chi connectivity index (χ3n) is 1.82. The van der Waals surface area contributed by atoms with Crippen LogP contribution in [0.15, 0.2) is 47.6 Å². The fraction of sp³-hybridized carbons (Fsp3) is 0.0833. The molecule has 16 heavy (non-hydrogen) atoms. The fourth-order valence-corrected chi connectivity index (χ4v) is 0.984. The second-order valence-corrected chi connectivity index (χ2v) is 2.93. The summed E-state index contributed by atoms with van der Waals surface area (Å²) in [6, 6.07) is 8.62. The molecule has 0 amide bonds. The third kappa shape index (κ3) is 3.16. The Hall–Kier alpha value is -2.23. The standard InChI is InChI=1S/C12H11NO3/c1-9(12(15)16-2)13-8-11(14)10-6-4-3-5-7-10/h3-8H,1H2,2H3. The van der Waals surface area contributed by atoms with Crippen molar-refractivity contribution >= 4 is 18.0 Å². The number of carbonyl (C=O) groups excluding carboxylic acids is 2. The molecule has 0 saturated heterocycles. The van der Waals surface area contributed by atoms with E-state index in [0.717, 1.165) is 6.21 Å². The zero-order valence-electron chi connectivity index (χ0n) is 8.84. The van der Waals surface area contributed by atoms with Crippen LogP contribution in [0.5, 0.6) is 0 Å². The van der Waals surface area contributed by atoms with Gasteiger partial charge >= 0.3 is 5.97 Å². The van der Waals surface area contributed by atoms with Crippen molar-refractivity contribution in [2.45, 2.75) is 0 Å². The minimum absolute atomic E-state index is 0.105. The summed E-state index contributed by atoms with van der Waals surface area (Å²) in [6.45, 7) is 3.37. The molecule has 0 aliphatic rings. The number of ketones is 1. The Labute approximate surface area is 93.3 Å². The summed E-state index contributed by atoms with van der Waals surface area (Å²) >= 11 is 0. The molecule has 4 nitrogen and oxygen atoms in total. The maximum atomic E-state index is 11.5. The summed E-state index contributed by atoms with van der Waals surface area (Å²) in [5, 5.41) is 0. The molecular weight excluding hydrogens is 206 g/mol. The molecule has 1 rings (SSSR count). The predicted octanol–water partition coefficient (Wildman–Crippen LogP) is 1.63. The molecule has 0 aliphatic carbocycles. The van der Waals surface area contributed by atoms with Crippen LogP contribution in [0.2, 0.25) is 0 Å². The first-order valence-electron chi connectivity index (χ1n) is 4.56. The predicted molar refractivity (Wildman–Crippen MR) is 60.4 cm³/mol. The number of Topliss-reactive ketones (excluding diaryl/α,β-unsaturated/α-hetero) is 1. The second-order valence-electron chi connectivity index (χ2n) is 2.93. The largest absolute Gasteiger partial charge is 0.464 e. The molecule has 0 saturated carbocycles. The van der Waals surface area contributed by atoms with Crippen molar-refractivity contribution in [1.29, 1.82) is 0 Å². The number of methoxy groups -OCH3 is 1. The molecule has 0 heterocycles. The van der Waals surface area contributed by atoms with Crippen LogP contribution in [-0.4, -0.2) is 25.1 Å². The van der Waals surface area contributed by atoms with Crippen molar-refractivity contribution in [2.24, 2.45) is 4.99 Å². The molecule has 0 radical (unpaired) electrons. The first kappa shape index (κ1) is 11.8. The van der Waals surface area contributed by atoms with E-state index in [0.29, 0.717) is 5.56 Å². The van der Waals surface area contributed by atoms with E-state index >= 15 is 0 Å². The van der Waals surface area contributed by atoms with E-state index in [1.165, 1.54) is 7.11 Å². The lowest BCUT2D eigenvalue weighted by molar-refractivity contribution is -0.136. The highest BCUT2D eigenvalue weighted by Gasteiger charge is 2.05. The molecule has 0 N–H and O–H groups in total. The van der Waals surface area contributed by atoms with Gasteiger partial charge in [-0.3, -0.25) is 4.79 Å². The Kier molecular flexibility index (Phi) is 4.15. The Morgan fingerprint density at radius 1 is 1.31 bits per heavy atom. The number of nitrogens with zero attached hydrogens (tertiary/aromatic N) is 1. The van der Waals surface area contributed by atoms with Gasteiger partial charge in [-0.25, -0.2) is 9.79 Å². The minimum atomic E-state index is -0.655. The highest BCUT2D eigenvalue weighted by molar-refractivity contribution is 6.35. The monoisotopic (exact) mass is 217 g/mol. The van der Waals surface area contributed by atoms with E-state index < -0.39 is 5.97 Å². The third-order valence-corrected chi connectivity index (χ3v) is 1.82. The first-order valence-corrected chi connectivity index (χ1v) is 4.56. The lowest BCUT2D eigenvalue weighted by atomic mass is 10.1. The molecule has 82 valence electrons. The topological polar surface area (TPSA) is 55.7 Å². The van der Waals surface area contributed by atoms with Crippen molar-refractivity contribution in [1.82, 2.24) is 0 Å². The van der Waals surface area contributed by atoms with Crippen LogP contribution < -0.4 is 0 Å². The van der Waals surface area contributed by atoms with Gasteiger partial charge in [0.05, 0.1) is 13.3 Å². The number of ether oxygens (including phenoxy) is 1. The van der Waals surface area contributed by atoms with Gasteiger partial charge in [0.1, 0.15) is 5.70 Å². The van der Waals surface area contributed by atoms with Crippen molar-refractivity contribution < 1.29 is 14.3 Å². The molecule has 0 bridgehead atoms. The molecule has 0 aromatic heterocycles. The lowest BCUT2D eigenvalue weighted by Gasteiger charge is -1.96. The number of rotatable bonds is 4. The van der Waals surface area contributed by atoms with E-state index in [1.807, 2.05) is 0 Å². The van der Waals surface area contributed by atoms with Gasteiger partial charge in [0.15, 0.2) is 0 Å². The molecule has 0 fully saturated rings. The average molecular weight is 217 g/mol. The van der Waals surface area contributed by atoms with E-state index in [9.17, 15) is 9.59 Å². The summed E-state index contributed by atoms with van der Waals surface area (Å²) in [4.78, 5) is 26.1. The van der Waals surface area contributed by atoms with Gasteiger partial charge in [-0.1, -0.05) is 36.9 Å². The van der Waals surface area contributed by atoms with Gasteiger partial charge in [0.25, 0.3) is 0 Å². The zero-order chi connectivity index (χ0) is 12.0. The van der Waals surface area contributed by atoms with Crippen molar-refractivity contribution in [3.63, 3.8) is 0 Å². The highest BCUT2D eigenvalue weighted by atomic mass is 16.5. The van der Waals surface area contributed by atoms with Crippen LogP contribution in [0.25, 0.3) is 0 Å². The number of benzene rings is 1. The Bertz CT molecular complexity index is 435. The average Bonchev–Trinajstić information content (AvgIpc) is 2.35. The quantitative estimate of drug-likeness (QED) is 0.333. The summed E-state index contributed by atoms with van der Waals surface area (Å²) in [5.74, 6) is -0.942. The maximum absolute atomic E-state index is 11.5. The maximum Gasteiger partial charge on any atom is 0.356 e. The summed E-state index contributed by atoms with van der Waals surface area (Å²) in [6.07, 6.45) is 1.05. The Morgan fingerprint density at radius 3 is 2.50 bits per heavy atom. The summed E-state index contributed by atoms with van der Waals surface area (Å²) < 4.78 is 4.39. The van der Waals surface area contributed by atoms with E-state index in [2.05, 4.69) is 16.3 Å². The van der Waals surface area contributed by atoms with E-state index in [1.54, 1.807) is 30.3 Å². The van der Waals surface area contributed by atoms with Crippen molar-refractivity contribution in [3.05, 3.63) is 48.2 Å². The number of hydrogen-bond acceptors (Lipinski definition) is 4. The van der Waals surface area contributed by atoms with Gasteiger partial charge in [-0.05, 0) is 0 Å². The molecule has 1 aromatic carbocycles. The second kappa shape index (κ2) is 5.60. The van der Waals surface area contributed by atoms with Gasteiger partial charge in [-0.2, -0.15) is 0 Å². The van der Waals surface area contributed by atoms with Gasteiger partial charge in [-0.15, -0.1) is 0 Å². The van der Waals surface area contributed by atoms with Crippen molar-refractivity contribution in [2.75, 3.05) is 7.11 Å². The number of carbonyl (C=O) groups is 2. The normalized spacial score (nSPS) is 10.1. The van der Waals surface area contributed by atoms with E-state index in [4.69, 9.17) is 0 Å². The van der Waals surface area contributed by atoms with Crippen LogP contribution in [0.1, 0.15) is 10.4 Å². The van der Waals surface area contributed by atoms with Gasteiger partial charge < -0.3 is 4.74 Å². The number of hydrogen-bond donors (Lipinski definition) is 0. The fourth-order valence-electron chi connectivity index (χ4n) is 0.984. The summed E-state index contributed by atoms with van der Waals surface area (Å²) in [5.41, 5.74) is 0.399. The SMILES string of the molecule is C=C(N=CC(=O)c1ccccc1)C(=O)OC. The molecule has 0 aliphatic heterocycles. The van der Waals surface area contributed by atoms with Crippen LogP contribution in [0.4, 0.5) is 0 Å². The molecule has 0 unspecified atom stereocenters. The van der Waals surface area contributed by atoms with Gasteiger partial charge in [0.2, 0.25) is 5.78 Å². The highest BCUT2D eigenvalue weighted by Crippen LogP contribution is 2.00. The molecular formula is C12H11NO3.